The number of halogens is 1. The van der Waals surface area contributed by atoms with Gasteiger partial charge in [-0.15, -0.1) is 0 Å². The van der Waals surface area contributed by atoms with E-state index in [0.29, 0.717) is 22.3 Å². The van der Waals surface area contributed by atoms with Crippen LogP contribution in [0.5, 0.6) is 5.75 Å². The summed E-state index contributed by atoms with van der Waals surface area (Å²) in [5.74, 6) is 1.13. The predicted octanol–water partition coefficient (Wildman–Crippen LogP) is 5.29. The third-order valence-electron chi connectivity index (χ3n) is 6.76. The lowest BCUT2D eigenvalue weighted by atomic mass is 9.93. The first kappa shape index (κ1) is 28.4. The number of ether oxygens (including phenoxy) is 2. The quantitative estimate of drug-likeness (QED) is 0.466. The van der Waals surface area contributed by atoms with Crippen molar-refractivity contribution in [3.05, 3.63) is 52.7 Å². The van der Waals surface area contributed by atoms with Crippen molar-refractivity contribution in [3.8, 4) is 5.75 Å². The van der Waals surface area contributed by atoms with Crippen LogP contribution in [0.2, 0.25) is 5.02 Å². The maximum absolute atomic E-state index is 12.8. The van der Waals surface area contributed by atoms with Gasteiger partial charge < -0.3 is 25.0 Å². The van der Waals surface area contributed by atoms with Gasteiger partial charge in [0.15, 0.2) is 0 Å². The second-order valence-electron chi connectivity index (χ2n) is 11.0. The molecule has 208 valence electrons. The third kappa shape index (κ3) is 8.20. The Morgan fingerprint density at radius 2 is 1.72 bits per heavy atom. The zero-order valence-corrected chi connectivity index (χ0v) is 23.3. The second kappa shape index (κ2) is 12.5. The zero-order chi connectivity index (χ0) is 28.0. The molecule has 1 aliphatic carbocycles. The van der Waals surface area contributed by atoms with Crippen LogP contribution in [0.4, 0.5) is 16.3 Å². The molecular weight excluding hydrogens is 520 g/mol. The molecule has 10 nitrogen and oxygen atoms in total. The average Bonchev–Trinajstić information content (AvgIpc) is 2.89. The largest absolute Gasteiger partial charge is 0.490 e. The molecule has 4 rings (SSSR count). The minimum atomic E-state index is -0.522. The number of nitrogens with zero attached hydrogens (tertiary/aromatic N) is 4. The highest BCUT2D eigenvalue weighted by Gasteiger charge is 2.26. The van der Waals surface area contributed by atoms with Crippen LogP contribution >= 0.6 is 11.6 Å². The summed E-state index contributed by atoms with van der Waals surface area (Å²) in [6.07, 6.45) is 7.53. The lowest BCUT2D eigenvalue weighted by molar-refractivity contribution is 0.0497. The summed E-state index contributed by atoms with van der Waals surface area (Å²) in [7, 11) is 0. The summed E-state index contributed by atoms with van der Waals surface area (Å²) in [5, 5.41) is 6.38. The van der Waals surface area contributed by atoms with E-state index >= 15 is 0 Å². The average molecular weight is 555 g/mol. The fourth-order valence-electron chi connectivity index (χ4n) is 4.76. The molecule has 1 aromatic carbocycles. The number of anilines is 1. The van der Waals surface area contributed by atoms with E-state index < -0.39 is 11.7 Å². The number of hydrogen-bond acceptors (Lipinski definition) is 7. The van der Waals surface area contributed by atoms with Crippen LogP contribution in [0.15, 0.2) is 30.6 Å². The molecule has 39 heavy (non-hydrogen) atoms. The molecule has 0 spiro atoms. The molecule has 0 bridgehead atoms. The van der Waals surface area contributed by atoms with E-state index in [1.807, 2.05) is 20.8 Å². The van der Waals surface area contributed by atoms with Gasteiger partial charge in [-0.3, -0.25) is 4.79 Å². The van der Waals surface area contributed by atoms with Crippen molar-refractivity contribution in [2.24, 2.45) is 0 Å². The Labute approximate surface area is 234 Å². The van der Waals surface area contributed by atoms with Gasteiger partial charge in [0, 0.05) is 25.2 Å². The highest BCUT2D eigenvalue weighted by atomic mass is 35.5. The summed E-state index contributed by atoms with van der Waals surface area (Å²) in [4.78, 5) is 39.1. The van der Waals surface area contributed by atoms with Gasteiger partial charge in [-0.2, -0.15) is 0 Å². The summed E-state index contributed by atoms with van der Waals surface area (Å²) in [5.41, 5.74) is 0.169. The van der Waals surface area contributed by atoms with Gasteiger partial charge in [0.2, 0.25) is 5.69 Å². The van der Waals surface area contributed by atoms with Crippen LogP contribution < -0.4 is 20.3 Å². The smallest absolute Gasteiger partial charge is 0.407 e. The molecule has 1 aliphatic heterocycles. The monoisotopic (exact) mass is 554 g/mol. The Balaban J connectivity index is 1.19. The topological polar surface area (TPSA) is 110 Å². The van der Waals surface area contributed by atoms with E-state index in [-0.39, 0.29) is 29.8 Å². The van der Waals surface area contributed by atoms with Gasteiger partial charge in [-0.05, 0) is 71.4 Å². The highest BCUT2D eigenvalue weighted by molar-refractivity contribution is 6.33. The molecule has 0 radical (unpaired) electrons. The number of benzene rings is 1. The molecule has 1 aromatic heterocycles. The second-order valence-corrected chi connectivity index (χ2v) is 11.4. The molecule has 2 amide bonds. The molecular formula is C28H35ClN6O4. The zero-order valence-electron chi connectivity index (χ0n) is 22.6. The summed E-state index contributed by atoms with van der Waals surface area (Å²) >= 11 is 6.11. The van der Waals surface area contributed by atoms with E-state index in [2.05, 4.69) is 30.3 Å². The number of nitrogens with one attached hydrogen (secondary N) is 2. The molecule has 11 heteroatoms. The van der Waals surface area contributed by atoms with Crippen molar-refractivity contribution in [1.29, 1.82) is 0 Å². The van der Waals surface area contributed by atoms with E-state index in [9.17, 15) is 9.59 Å². The summed E-state index contributed by atoms with van der Waals surface area (Å²) in [6, 6.07) is 5.20. The SMILES string of the molecule is [C-]#[N+]c1ccc(OC2CCC(NC(=O)c3cnc(N4CCC(NC(=O)OC(C)(C)C)CC4)cn3)CC2)cc1Cl. The van der Waals surface area contributed by atoms with Crippen molar-refractivity contribution in [1.82, 2.24) is 20.6 Å². The molecule has 1 saturated heterocycles. The van der Waals surface area contributed by atoms with E-state index in [4.69, 9.17) is 27.6 Å². The molecule has 1 saturated carbocycles. The van der Waals surface area contributed by atoms with Crippen molar-refractivity contribution >= 4 is 35.1 Å². The van der Waals surface area contributed by atoms with Gasteiger partial charge >= 0.3 is 6.09 Å². The lowest BCUT2D eigenvalue weighted by Gasteiger charge is -2.33. The Hall–Kier alpha value is -3.58. The van der Waals surface area contributed by atoms with Crippen molar-refractivity contribution in [2.45, 2.75) is 83.1 Å². The molecule has 2 fully saturated rings. The fourth-order valence-corrected chi connectivity index (χ4v) is 4.97. The maximum Gasteiger partial charge on any atom is 0.407 e. The number of carbonyl (C=O) groups is 2. The number of carbonyl (C=O) groups excluding carboxylic acids is 2. The number of piperidine rings is 1. The number of hydrogen-bond donors (Lipinski definition) is 2. The number of amides is 2. The van der Waals surface area contributed by atoms with Crippen molar-refractivity contribution in [3.63, 3.8) is 0 Å². The predicted molar refractivity (Wildman–Crippen MR) is 148 cm³/mol. The molecule has 2 heterocycles. The number of rotatable bonds is 6. The molecule has 2 aromatic rings. The minimum Gasteiger partial charge on any atom is -0.490 e. The first-order chi connectivity index (χ1) is 18.6. The normalized spacial score (nSPS) is 20.0. The van der Waals surface area contributed by atoms with Crippen LogP contribution in [-0.4, -0.2) is 58.8 Å². The Morgan fingerprint density at radius 1 is 1.03 bits per heavy atom. The number of alkyl carbamates (subject to hydrolysis) is 1. The minimum absolute atomic E-state index is 0.0376. The van der Waals surface area contributed by atoms with Gasteiger partial charge in [0.05, 0.1) is 30.1 Å². The molecule has 0 atom stereocenters. The summed E-state index contributed by atoms with van der Waals surface area (Å²) < 4.78 is 11.4. The fraction of sp³-hybridized carbons (Fsp3) is 0.536. The van der Waals surface area contributed by atoms with Crippen LogP contribution in [0.1, 0.15) is 69.8 Å². The van der Waals surface area contributed by atoms with Crippen LogP contribution in [0, 0.1) is 6.57 Å². The Morgan fingerprint density at radius 3 is 2.31 bits per heavy atom. The van der Waals surface area contributed by atoms with E-state index in [1.165, 1.54) is 6.20 Å². The van der Waals surface area contributed by atoms with E-state index in [0.717, 1.165) is 51.6 Å². The van der Waals surface area contributed by atoms with Gasteiger partial charge in [-0.1, -0.05) is 17.7 Å². The Kier molecular flexibility index (Phi) is 9.12. The van der Waals surface area contributed by atoms with Gasteiger partial charge in [-0.25, -0.2) is 19.6 Å². The number of aromatic nitrogens is 2. The first-order valence-electron chi connectivity index (χ1n) is 13.3. The summed E-state index contributed by atoms with van der Waals surface area (Å²) in [6.45, 7) is 14.1. The van der Waals surface area contributed by atoms with Crippen molar-refractivity contribution < 1.29 is 19.1 Å². The molecule has 2 aliphatic rings. The highest BCUT2D eigenvalue weighted by Crippen LogP contribution is 2.31. The van der Waals surface area contributed by atoms with Crippen LogP contribution in [-0.2, 0) is 4.74 Å². The third-order valence-corrected chi connectivity index (χ3v) is 7.07. The lowest BCUT2D eigenvalue weighted by Crippen LogP contribution is -2.46. The van der Waals surface area contributed by atoms with Gasteiger partial charge in [0.1, 0.15) is 22.9 Å². The first-order valence-corrected chi connectivity index (χ1v) is 13.7. The maximum atomic E-state index is 12.8. The standard InChI is InChI=1S/C28H35ClN6O4/c1-28(2,3)39-27(37)34-19-11-13-35(14-12-19)25-17-31-24(16-32-25)26(36)33-18-5-7-20(8-6-18)38-21-9-10-23(30-4)22(29)15-21/h9-10,15-20H,5-8,11-14H2,1-3H3,(H,33,36)(H,34,37). The van der Waals surface area contributed by atoms with Crippen molar-refractivity contribution in [2.75, 3.05) is 18.0 Å². The Bertz CT molecular complexity index is 1190. The van der Waals surface area contributed by atoms with Gasteiger partial charge in [0.25, 0.3) is 5.91 Å². The molecule has 0 unspecified atom stereocenters. The van der Waals surface area contributed by atoms with Crippen LogP contribution in [0.3, 0.4) is 0 Å². The molecule has 2 N–H and O–H groups in total. The van der Waals surface area contributed by atoms with Crippen LogP contribution in [0.25, 0.3) is 4.85 Å². The van der Waals surface area contributed by atoms with E-state index in [1.54, 1.807) is 24.4 Å².